The van der Waals surface area contributed by atoms with Crippen LogP contribution in [0.2, 0.25) is 0 Å². The molecule has 3 nitrogen and oxygen atoms in total. The summed E-state index contributed by atoms with van der Waals surface area (Å²) in [6.07, 6.45) is 4.87. The zero-order chi connectivity index (χ0) is 12.6. The number of nitrogens with one attached hydrogen (secondary N) is 1. The summed E-state index contributed by atoms with van der Waals surface area (Å²) in [6.45, 7) is 4.56. The SMILES string of the molecule is Cc1cccc(OCCNC2=NCCCCC2)c1. The summed E-state index contributed by atoms with van der Waals surface area (Å²) in [5, 5.41) is 3.37. The standard InChI is InChI=1S/C15H22N2O/c1-13-6-5-7-14(12-13)18-11-10-17-15-8-3-2-4-9-16-15/h5-7,12H,2-4,8-11H2,1H3,(H,16,17). The molecule has 0 radical (unpaired) electrons. The van der Waals surface area contributed by atoms with Gasteiger partial charge in [0.25, 0.3) is 0 Å². The van der Waals surface area contributed by atoms with Crippen LogP contribution in [0, 0.1) is 6.92 Å². The average Bonchev–Trinajstić information content (AvgIpc) is 2.63. The van der Waals surface area contributed by atoms with E-state index in [-0.39, 0.29) is 0 Å². The first kappa shape index (κ1) is 12.9. The smallest absolute Gasteiger partial charge is 0.119 e. The van der Waals surface area contributed by atoms with Crippen LogP contribution in [0.15, 0.2) is 29.3 Å². The third-order valence-electron chi connectivity index (χ3n) is 3.06. The molecule has 1 aliphatic rings. The maximum Gasteiger partial charge on any atom is 0.119 e. The molecule has 1 aromatic carbocycles. The Kier molecular flexibility index (Phi) is 5.06. The van der Waals surface area contributed by atoms with Crippen LogP contribution in [-0.2, 0) is 0 Å². The van der Waals surface area contributed by atoms with Crippen molar-refractivity contribution in [3.05, 3.63) is 29.8 Å². The van der Waals surface area contributed by atoms with Crippen molar-refractivity contribution in [1.29, 1.82) is 0 Å². The van der Waals surface area contributed by atoms with E-state index in [2.05, 4.69) is 29.4 Å². The summed E-state index contributed by atoms with van der Waals surface area (Å²) < 4.78 is 5.69. The zero-order valence-electron chi connectivity index (χ0n) is 11.1. The number of hydrogen-bond acceptors (Lipinski definition) is 3. The van der Waals surface area contributed by atoms with Crippen molar-refractivity contribution in [3.63, 3.8) is 0 Å². The molecule has 3 heteroatoms. The van der Waals surface area contributed by atoms with E-state index < -0.39 is 0 Å². The van der Waals surface area contributed by atoms with Crippen LogP contribution in [-0.4, -0.2) is 25.5 Å². The van der Waals surface area contributed by atoms with Crippen molar-refractivity contribution >= 4 is 5.84 Å². The topological polar surface area (TPSA) is 33.6 Å². The molecule has 0 spiro atoms. The van der Waals surface area contributed by atoms with E-state index in [4.69, 9.17) is 4.74 Å². The largest absolute Gasteiger partial charge is 0.492 e. The summed E-state index contributed by atoms with van der Waals surface area (Å²) in [4.78, 5) is 4.53. The number of hydrogen-bond donors (Lipinski definition) is 1. The molecule has 0 aromatic heterocycles. The predicted octanol–water partition coefficient (Wildman–Crippen LogP) is 2.94. The lowest BCUT2D eigenvalue weighted by Gasteiger charge is -2.10. The van der Waals surface area contributed by atoms with E-state index in [1.54, 1.807) is 0 Å². The molecular weight excluding hydrogens is 224 g/mol. The van der Waals surface area contributed by atoms with Crippen LogP contribution in [0.4, 0.5) is 0 Å². The van der Waals surface area contributed by atoms with Crippen molar-refractivity contribution in [3.8, 4) is 5.75 Å². The maximum absolute atomic E-state index is 5.69. The van der Waals surface area contributed by atoms with Gasteiger partial charge in [0.1, 0.15) is 12.4 Å². The Morgan fingerprint density at radius 3 is 3.11 bits per heavy atom. The van der Waals surface area contributed by atoms with E-state index in [0.717, 1.165) is 31.1 Å². The van der Waals surface area contributed by atoms with E-state index in [1.165, 1.54) is 24.8 Å². The molecule has 18 heavy (non-hydrogen) atoms. The van der Waals surface area contributed by atoms with Crippen LogP contribution in [0.5, 0.6) is 5.75 Å². The molecule has 0 saturated heterocycles. The van der Waals surface area contributed by atoms with Gasteiger partial charge in [-0.2, -0.15) is 0 Å². The predicted molar refractivity (Wildman–Crippen MR) is 75.4 cm³/mol. The fourth-order valence-corrected chi connectivity index (χ4v) is 2.09. The Morgan fingerprint density at radius 1 is 1.28 bits per heavy atom. The highest BCUT2D eigenvalue weighted by Crippen LogP contribution is 2.11. The van der Waals surface area contributed by atoms with E-state index in [1.807, 2.05) is 12.1 Å². The van der Waals surface area contributed by atoms with Gasteiger partial charge in [0.05, 0.1) is 12.4 Å². The lowest BCUT2D eigenvalue weighted by molar-refractivity contribution is 0.322. The Balaban J connectivity index is 1.68. The Hall–Kier alpha value is -1.51. The minimum Gasteiger partial charge on any atom is -0.492 e. The first-order chi connectivity index (χ1) is 8.84. The van der Waals surface area contributed by atoms with Crippen molar-refractivity contribution < 1.29 is 4.74 Å². The molecule has 2 rings (SSSR count). The third kappa shape index (κ3) is 4.40. The fourth-order valence-electron chi connectivity index (χ4n) is 2.09. The van der Waals surface area contributed by atoms with Gasteiger partial charge in [-0.1, -0.05) is 18.6 Å². The lowest BCUT2D eigenvalue weighted by atomic mass is 10.2. The number of ether oxygens (including phenoxy) is 1. The highest BCUT2D eigenvalue weighted by Gasteiger charge is 2.03. The highest BCUT2D eigenvalue weighted by atomic mass is 16.5. The molecule has 0 fully saturated rings. The van der Waals surface area contributed by atoms with E-state index in [0.29, 0.717) is 6.61 Å². The zero-order valence-corrected chi connectivity index (χ0v) is 11.1. The molecule has 0 atom stereocenters. The van der Waals surface area contributed by atoms with Gasteiger partial charge in [0.15, 0.2) is 0 Å². The summed E-state index contributed by atoms with van der Waals surface area (Å²) >= 11 is 0. The second-order valence-electron chi connectivity index (χ2n) is 4.73. The van der Waals surface area contributed by atoms with E-state index in [9.17, 15) is 0 Å². The number of benzene rings is 1. The van der Waals surface area contributed by atoms with Crippen LogP contribution in [0.1, 0.15) is 31.2 Å². The quantitative estimate of drug-likeness (QED) is 0.829. The van der Waals surface area contributed by atoms with Gasteiger partial charge in [-0.05, 0) is 37.5 Å². The summed E-state index contributed by atoms with van der Waals surface area (Å²) in [5.74, 6) is 2.10. The number of nitrogens with zero attached hydrogens (tertiary/aromatic N) is 1. The van der Waals surface area contributed by atoms with Gasteiger partial charge in [-0.3, -0.25) is 4.99 Å². The molecule has 0 amide bonds. The Labute approximate surface area is 109 Å². The van der Waals surface area contributed by atoms with Crippen molar-refractivity contribution in [2.75, 3.05) is 19.7 Å². The second kappa shape index (κ2) is 7.04. The van der Waals surface area contributed by atoms with Crippen molar-refractivity contribution in [2.45, 2.75) is 32.6 Å². The number of aliphatic imine (C=N–C) groups is 1. The molecule has 1 aromatic rings. The maximum atomic E-state index is 5.69. The third-order valence-corrected chi connectivity index (χ3v) is 3.06. The van der Waals surface area contributed by atoms with Crippen LogP contribution in [0.3, 0.4) is 0 Å². The van der Waals surface area contributed by atoms with Gasteiger partial charge >= 0.3 is 0 Å². The minimum absolute atomic E-state index is 0.683. The molecule has 1 aliphatic heterocycles. The lowest BCUT2D eigenvalue weighted by Crippen LogP contribution is -2.28. The molecule has 98 valence electrons. The molecular formula is C15H22N2O. The van der Waals surface area contributed by atoms with Gasteiger partial charge in [0, 0.05) is 13.0 Å². The van der Waals surface area contributed by atoms with Gasteiger partial charge in [-0.15, -0.1) is 0 Å². The Bertz CT molecular complexity index is 401. The van der Waals surface area contributed by atoms with Crippen molar-refractivity contribution in [1.82, 2.24) is 5.32 Å². The van der Waals surface area contributed by atoms with Gasteiger partial charge in [0.2, 0.25) is 0 Å². The second-order valence-corrected chi connectivity index (χ2v) is 4.73. The average molecular weight is 246 g/mol. The molecule has 0 aliphatic carbocycles. The van der Waals surface area contributed by atoms with Crippen molar-refractivity contribution in [2.24, 2.45) is 4.99 Å². The summed E-state index contributed by atoms with van der Waals surface area (Å²) in [6, 6.07) is 8.15. The van der Waals surface area contributed by atoms with Gasteiger partial charge in [-0.25, -0.2) is 0 Å². The summed E-state index contributed by atoms with van der Waals surface area (Å²) in [5.41, 5.74) is 1.23. The monoisotopic (exact) mass is 246 g/mol. The van der Waals surface area contributed by atoms with Gasteiger partial charge < -0.3 is 10.1 Å². The van der Waals surface area contributed by atoms with E-state index >= 15 is 0 Å². The first-order valence-corrected chi connectivity index (χ1v) is 6.81. The van der Waals surface area contributed by atoms with Crippen LogP contribution < -0.4 is 10.1 Å². The number of aryl methyl sites for hydroxylation is 1. The highest BCUT2D eigenvalue weighted by molar-refractivity contribution is 5.82. The summed E-state index contributed by atoms with van der Waals surface area (Å²) in [7, 11) is 0. The minimum atomic E-state index is 0.683. The first-order valence-electron chi connectivity index (χ1n) is 6.81. The Morgan fingerprint density at radius 2 is 2.22 bits per heavy atom. The molecule has 1 heterocycles. The molecule has 0 bridgehead atoms. The van der Waals surface area contributed by atoms with Crippen LogP contribution >= 0.6 is 0 Å². The fraction of sp³-hybridized carbons (Fsp3) is 0.533. The molecule has 0 unspecified atom stereocenters. The number of rotatable bonds is 4. The van der Waals surface area contributed by atoms with Crippen LogP contribution in [0.25, 0.3) is 0 Å². The number of amidine groups is 1. The molecule has 0 saturated carbocycles. The normalized spacial score (nSPS) is 15.7. The molecule has 1 N–H and O–H groups in total.